The molecule has 2 N–H and O–H groups in total. The van der Waals surface area contributed by atoms with Crippen molar-refractivity contribution in [1.82, 2.24) is 20.3 Å². The SMILES string of the molecule is CN1CCC[C@@]2(CC[C@H]2N2CCc3cc(C(=O)NO)cnc3C2)C1. The summed E-state index contributed by atoms with van der Waals surface area (Å²) in [5, 5.41) is 8.77. The van der Waals surface area contributed by atoms with Gasteiger partial charge in [0.15, 0.2) is 0 Å². The van der Waals surface area contributed by atoms with Crippen LogP contribution >= 0.6 is 0 Å². The van der Waals surface area contributed by atoms with Gasteiger partial charge in [0.1, 0.15) is 0 Å². The van der Waals surface area contributed by atoms with E-state index in [0.717, 1.165) is 30.8 Å². The Labute approximate surface area is 142 Å². The number of rotatable bonds is 2. The van der Waals surface area contributed by atoms with Gasteiger partial charge in [-0.05, 0) is 62.7 Å². The van der Waals surface area contributed by atoms with Crippen molar-refractivity contribution in [2.24, 2.45) is 5.41 Å². The van der Waals surface area contributed by atoms with E-state index in [0.29, 0.717) is 17.0 Å². The number of nitrogens with one attached hydrogen (secondary N) is 1. The fraction of sp³-hybridized carbons (Fsp3) is 0.667. The summed E-state index contributed by atoms with van der Waals surface area (Å²) in [6.07, 6.45) is 7.82. The Morgan fingerprint density at radius 1 is 1.42 bits per heavy atom. The number of pyridine rings is 1. The Morgan fingerprint density at radius 3 is 3.00 bits per heavy atom. The molecule has 4 rings (SSSR count). The number of piperidine rings is 1. The van der Waals surface area contributed by atoms with E-state index < -0.39 is 5.91 Å². The Balaban J connectivity index is 1.49. The first-order valence-corrected chi connectivity index (χ1v) is 8.96. The van der Waals surface area contributed by atoms with E-state index >= 15 is 0 Å². The number of fused-ring (bicyclic) bond motifs is 1. The van der Waals surface area contributed by atoms with E-state index in [4.69, 9.17) is 5.21 Å². The molecule has 1 saturated heterocycles. The van der Waals surface area contributed by atoms with Crippen LogP contribution in [-0.4, -0.2) is 58.6 Å². The van der Waals surface area contributed by atoms with Crippen LogP contribution in [0.4, 0.5) is 0 Å². The van der Waals surface area contributed by atoms with Crippen molar-refractivity contribution in [3.05, 3.63) is 29.1 Å². The van der Waals surface area contributed by atoms with Crippen LogP contribution < -0.4 is 5.48 Å². The van der Waals surface area contributed by atoms with E-state index in [1.807, 2.05) is 6.07 Å². The maximum absolute atomic E-state index is 11.5. The lowest BCUT2D eigenvalue weighted by atomic mass is 9.59. The van der Waals surface area contributed by atoms with Crippen LogP contribution in [0.3, 0.4) is 0 Å². The number of likely N-dealkylation sites (tertiary alicyclic amines) is 1. The minimum absolute atomic E-state index is 0.429. The van der Waals surface area contributed by atoms with Crippen LogP contribution in [0.25, 0.3) is 0 Å². The lowest BCUT2D eigenvalue weighted by molar-refractivity contribution is -0.0754. The molecular formula is C18H26N4O2. The largest absolute Gasteiger partial charge is 0.306 e. The molecule has 0 aromatic carbocycles. The molecule has 0 radical (unpaired) electrons. The minimum atomic E-state index is -0.490. The fourth-order valence-corrected chi connectivity index (χ4v) is 5.01. The van der Waals surface area contributed by atoms with E-state index in [1.165, 1.54) is 38.8 Å². The van der Waals surface area contributed by atoms with Crippen molar-refractivity contribution >= 4 is 5.91 Å². The van der Waals surface area contributed by atoms with Crippen LogP contribution in [-0.2, 0) is 13.0 Å². The average Bonchev–Trinajstić information content (AvgIpc) is 2.59. The van der Waals surface area contributed by atoms with Crippen molar-refractivity contribution in [3.8, 4) is 0 Å². The minimum Gasteiger partial charge on any atom is -0.306 e. The van der Waals surface area contributed by atoms with Gasteiger partial charge in [-0.15, -0.1) is 0 Å². The summed E-state index contributed by atoms with van der Waals surface area (Å²) in [4.78, 5) is 21.2. The molecule has 1 aromatic heterocycles. The van der Waals surface area contributed by atoms with Gasteiger partial charge < -0.3 is 4.90 Å². The molecule has 1 aliphatic carbocycles. The third kappa shape index (κ3) is 2.62. The molecule has 130 valence electrons. The molecule has 2 fully saturated rings. The molecule has 1 saturated carbocycles. The molecule has 1 spiro atoms. The van der Waals surface area contributed by atoms with Gasteiger partial charge >= 0.3 is 0 Å². The van der Waals surface area contributed by atoms with Crippen LogP contribution in [0.1, 0.15) is 47.3 Å². The van der Waals surface area contributed by atoms with Gasteiger partial charge in [-0.2, -0.15) is 0 Å². The highest BCUT2D eigenvalue weighted by Crippen LogP contribution is 2.50. The second-order valence-corrected chi connectivity index (χ2v) is 7.75. The second-order valence-electron chi connectivity index (χ2n) is 7.75. The monoisotopic (exact) mass is 330 g/mol. The summed E-state index contributed by atoms with van der Waals surface area (Å²) in [6, 6.07) is 2.55. The lowest BCUT2D eigenvalue weighted by Crippen LogP contribution is -2.61. The van der Waals surface area contributed by atoms with E-state index in [9.17, 15) is 4.79 Å². The summed E-state index contributed by atoms with van der Waals surface area (Å²) >= 11 is 0. The summed E-state index contributed by atoms with van der Waals surface area (Å²) in [5.41, 5.74) is 4.82. The number of hydroxylamine groups is 1. The first kappa shape index (κ1) is 16.0. The molecule has 24 heavy (non-hydrogen) atoms. The predicted molar refractivity (Wildman–Crippen MR) is 89.8 cm³/mol. The van der Waals surface area contributed by atoms with Gasteiger partial charge in [0.05, 0.1) is 11.3 Å². The molecule has 6 heteroatoms. The Hall–Kier alpha value is -1.50. The molecule has 1 amide bonds. The number of amides is 1. The Morgan fingerprint density at radius 2 is 2.29 bits per heavy atom. The first-order chi connectivity index (χ1) is 11.6. The zero-order valence-corrected chi connectivity index (χ0v) is 14.3. The molecular weight excluding hydrogens is 304 g/mol. The summed E-state index contributed by atoms with van der Waals surface area (Å²) in [6.45, 7) is 4.38. The normalized spacial score (nSPS) is 30.7. The predicted octanol–water partition coefficient (Wildman–Crippen LogP) is 1.43. The highest BCUT2D eigenvalue weighted by atomic mass is 16.5. The Kier molecular flexibility index (Phi) is 4.06. The van der Waals surface area contributed by atoms with Gasteiger partial charge in [-0.1, -0.05) is 0 Å². The summed E-state index contributed by atoms with van der Waals surface area (Å²) in [7, 11) is 2.25. The number of carbonyl (C=O) groups excluding carboxylic acids is 1. The maximum Gasteiger partial charge on any atom is 0.276 e. The number of hydrogen-bond donors (Lipinski definition) is 2. The van der Waals surface area contributed by atoms with Crippen molar-refractivity contribution in [1.29, 1.82) is 0 Å². The van der Waals surface area contributed by atoms with Crippen molar-refractivity contribution in [2.75, 3.05) is 26.7 Å². The smallest absolute Gasteiger partial charge is 0.276 e. The topological polar surface area (TPSA) is 68.7 Å². The van der Waals surface area contributed by atoms with Crippen LogP contribution in [0.2, 0.25) is 0 Å². The van der Waals surface area contributed by atoms with Gasteiger partial charge in [-0.3, -0.25) is 19.9 Å². The molecule has 2 atom stereocenters. The van der Waals surface area contributed by atoms with E-state index in [-0.39, 0.29) is 0 Å². The fourth-order valence-electron chi connectivity index (χ4n) is 5.01. The molecule has 3 aliphatic rings. The third-order valence-corrected chi connectivity index (χ3v) is 6.31. The standard InChI is InChI=1S/C18H26N4O2/c1-21-7-2-5-18(12-21)6-3-16(18)22-8-4-13-9-14(17(23)20-24)10-19-15(13)11-22/h9-10,16,24H,2-8,11-12H2,1H3,(H,20,23)/t16-,18-/m1/s1. The number of nitrogens with zero attached hydrogens (tertiary/aromatic N) is 3. The number of aromatic nitrogens is 1. The molecule has 0 bridgehead atoms. The van der Waals surface area contributed by atoms with E-state index in [2.05, 4.69) is 21.8 Å². The Bertz CT molecular complexity index is 650. The molecule has 3 heterocycles. The zero-order valence-electron chi connectivity index (χ0n) is 14.3. The second kappa shape index (κ2) is 6.10. The molecule has 6 nitrogen and oxygen atoms in total. The van der Waals surface area contributed by atoms with Gasteiger partial charge in [-0.25, -0.2) is 5.48 Å². The first-order valence-electron chi connectivity index (χ1n) is 8.96. The van der Waals surface area contributed by atoms with Crippen LogP contribution in [0.15, 0.2) is 12.3 Å². The van der Waals surface area contributed by atoms with Crippen molar-refractivity contribution in [3.63, 3.8) is 0 Å². The summed E-state index contributed by atoms with van der Waals surface area (Å²) in [5.74, 6) is -0.490. The van der Waals surface area contributed by atoms with Crippen LogP contribution in [0, 0.1) is 5.41 Å². The molecule has 2 aliphatic heterocycles. The quantitative estimate of drug-likeness (QED) is 0.634. The maximum atomic E-state index is 11.5. The van der Waals surface area contributed by atoms with Crippen molar-refractivity contribution in [2.45, 2.75) is 44.7 Å². The summed E-state index contributed by atoms with van der Waals surface area (Å²) < 4.78 is 0. The zero-order chi connectivity index (χ0) is 16.7. The number of hydrogen-bond acceptors (Lipinski definition) is 5. The highest BCUT2D eigenvalue weighted by molar-refractivity contribution is 5.93. The molecule has 1 aromatic rings. The third-order valence-electron chi connectivity index (χ3n) is 6.31. The van der Waals surface area contributed by atoms with Crippen molar-refractivity contribution < 1.29 is 10.0 Å². The van der Waals surface area contributed by atoms with E-state index in [1.54, 1.807) is 11.7 Å². The van der Waals surface area contributed by atoms with Gasteiger partial charge in [0.25, 0.3) is 5.91 Å². The van der Waals surface area contributed by atoms with Gasteiger partial charge in [0.2, 0.25) is 0 Å². The molecule has 0 unspecified atom stereocenters. The highest BCUT2D eigenvalue weighted by Gasteiger charge is 2.51. The number of carbonyl (C=O) groups is 1. The van der Waals surface area contributed by atoms with Gasteiger partial charge in [0, 0.05) is 31.9 Å². The average molecular weight is 330 g/mol. The lowest BCUT2D eigenvalue weighted by Gasteiger charge is -2.58. The van der Waals surface area contributed by atoms with Crippen LogP contribution in [0.5, 0.6) is 0 Å².